The molecule has 1 heterocycles. The SMILES string of the molecule is CC(C)(O)C(C)(CCC1CC1)O[B]B1OC(C)(C)C(C)(C)O1. The zero-order valence-electron chi connectivity index (χ0n) is 15.2. The number of aliphatic hydroxyl groups is 1. The third kappa shape index (κ3) is 3.89. The predicted octanol–water partition coefficient (Wildman–Crippen LogP) is 2.93. The van der Waals surface area contributed by atoms with Crippen LogP contribution in [0.1, 0.15) is 74.1 Å². The van der Waals surface area contributed by atoms with Crippen LogP contribution < -0.4 is 0 Å². The van der Waals surface area contributed by atoms with E-state index in [1.807, 2.05) is 34.6 Å². The maximum Gasteiger partial charge on any atom is 0.439 e. The molecular formula is C16H31B2O4. The largest absolute Gasteiger partial charge is 0.439 e. The monoisotopic (exact) mass is 309 g/mol. The van der Waals surface area contributed by atoms with E-state index in [0.717, 1.165) is 18.8 Å². The van der Waals surface area contributed by atoms with Gasteiger partial charge >= 0.3 is 14.4 Å². The molecule has 0 bridgehead atoms. The van der Waals surface area contributed by atoms with Crippen LogP contribution in [-0.4, -0.2) is 41.9 Å². The first-order valence-corrected chi connectivity index (χ1v) is 8.45. The summed E-state index contributed by atoms with van der Waals surface area (Å²) in [5.41, 5.74) is -2.32. The standard InChI is InChI=1S/C16H31B2O4/c1-13(2,19)16(7,11-10-12-8-9-12)20-17-18-21-14(3,4)15(5,6)22-18/h12,19H,8-11H2,1-7H3. The van der Waals surface area contributed by atoms with Gasteiger partial charge in [-0.05, 0) is 67.2 Å². The second-order valence-electron chi connectivity index (χ2n) is 8.65. The molecule has 0 aromatic carbocycles. The summed E-state index contributed by atoms with van der Waals surface area (Å²) in [6.45, 7) is 13.6. The Morgan fingerprint density at radius 1 is 1.14 bits per heavy atom. The van der Waals surface area contributed by atoms with E-state index in [1.54, 1.807) is 21.2 Å². The predicted molar refractivity (Wildman–Crippen MR) is 89.6 cm³/mol. The van der Waals surface area contributed by atoms with Crippen LogP contribution in [0.2, 0.25) is 0 Å². The smallest absolute Gasteiger partial charge is 0.435 e. The summed E-state index contributed by atoms with van der Waals surface area (Å²) >= 11 is 0. The van der Waals surface area contributed by atoms with Gasteiger partial charge in [0.25, 0.3) is 0 Å². The summed E-state index contributed by atoms with van der Waals surface area (Å²) < 4.78 is 17.9. The van der Waals surface area contributed by atoms with Crippen LogP contribution in [-0.2, 0) is 14.0 Å². The highest BCUT2D eigenvalue weighted by Crippen LogP contribution is 2.40. The molecule has 1 unspecified atom stereocenters. The van der Waals surface area contributed by atoms with E-state index in [4.69, 9.17) is 14.0 Å². The molecule has 0 aromatic rings. The van der Waals surface area contributed by atoms with Crippen molar-refractivity contribution in [1.29, 1.82) is 0 Å². The fourth-order valence-corrected chi connectivity index (χ4v) is 2.55. The molecule has 2 fully saturated rings. The van der Waals surface area contributed by atoms with Gasteiger partial charge in [0.2, 0.25) is 0 Å². The first-order chi connectivity index (χ1) is 9.86. The third-order valence-electron chi connectivity index (χ3n) is 5.73. The summed E-state index contributed by atoms with van der Waals surface area (Å²) in [5.74, 6) is 0.808. The lowest BCUT2D eigenvalue weighted by Crippen LogP contribution is -2.52. The van der Waals surface area contributed by atoms with Crippen molar-refractivity contribution in [2.75, 3.05) is 0 Å². The van der Waals surface area contributed by atoms with E-state index in [1.165, 1.54) is 12.8 Å². The lowest BCUT2D eigenvalue weighted by atomic mass is 9.55. The topological polar surface area (TPSA) is 47.9 Å². The van der Waals surface area contributed by atoms with Crippen molar-refractivity contribution >= 4 is 14.4 Å². The fourth-order valence-electron chi connectivity index (χ4n) is 2.55. The van der Waals surface area contributed by atoms with Crippen molar-refractivity contribution in [1.82, 2.24) is 0 Å². The molecule has 1 aliphatic heterocycles. The molecule has 0 amide bonds. The first-order valence-electron chi connectivity index (χ1n) is 8.45. The molecule has 6 heteroatoms. The van der Waals surface area contributed by atoms with Gasteiger partial charge in [0.15, 0.2) is 0 Å². The van der Waals surface area contributed by atoms with E-state index in [-0.39, 0.29) is 11.2 Å². The van der Waals surface area contributed by atoms with Crippen LogP contribution in [0.15, 0.2) is 0 Å². The van der Waals surface area contributed by atoms with Crippen LogP contribution in [0.25, 0.3) is 0 Å². The molecule has 1 saturated carbocycles. The van der Waals surface area contributed by atoms with E-state index >= 15 is 0 Å². The van der Waals surface area contributed by atoms with Gasteiger partial charge in [-0.1, -0.05) is 12.8 Å². The van der Waals surface area contributed by atoms with E-state index in [9.17, 15) is 5.11 Å². The molecule has 0 aromatic heterocycles. The van der Waals surface area contributed by atoms with Gasteiger partial charge in [0.05, 0.1) is 22.4 Å². The van der Waals surface area contributed by atoms with Crippen molar-refractivity contribution in [3.05, 3.63) is 0 Å². The first kappa shape index (κ1) is 18.3. The Morgan fingerprint density at radius 3 is 2.05 bits per heavy atom. The average molecular weight is 309 g/mol. The molecule has 1 radical (unpaired) electrons. The average Bonchev–Trinajstić information content (AvgIpc) is 3.11. The zero-order valence-corrected chi connectivity index (χ0v) is 15.2. The molecule has 2 aliphatic rings. The van der Waals surface area contributed by atoms with Crippen LogP contribution in [0, 0.1) is 5.92 Å². The number of hydrogen-bond acceptors (Lipinski definition) is 4. The Balaban J connectivity index is 1.94. The Bertz CT molecular complexity index is 385. The van der Waals surface area contributed by atoms with E-state index in [2.05, 4.69) is 0 Å². The molecule has 22 heavy (non-hydrogen) atoms. The number of hydrogen-bond donors (Lipinski definition) is 1. The molecule has 1 N–H and O–H groups in total. The molecular weight excluding hydrogens is 278 g/mol. The van der Waals surface area contributed by atoms with Crippen molar-refractivity contribution in [3.63, 3.8) is 0 Å². The summed E-state index contributed by atoms with van der Waals surface area (Å²) in [7, 11) is 1.11. The van der Waals surface area contributed by atoms with Crippen LogP contribution in [0.3, 0.4) is 0 Å². The summed E-state index contributed by atoms with van der Waals surface area (Å²) in [5, 5.41) is 10.5. The van der Waals surface area contributed by atoms with Crippen molar-refractivity contribution in [2.24, 2.45) is 5.92 Å². The highest BCUT2D eigenvalue weighted by molar-refractivity contribution is 7.03. The van der Waals surface area contributed by atoms with Crippen molar-refractivity contribution < 1.29 is 19.1 Å². The minimum absolute atomic E-state index is 0.378. The quantitative estimate of drug-likeness (QED) is 0.735. The lowest BCUT2D eigenvalue weighted by Gasteiger charge is -2.41. The lowest BCUT2D eigenvalue weighted by molar-refractivity contribution is -0.107. The molecule has 1 aliphatic carbocycles. The molecule has 125 valence electrons. The normalized spacial score (nSPS) is 26.8. The Hall–Kier alpha value is -0.0301. The van der Waals surface area contributed by atoms with E-state index in [0.29, 0.717) is 0 Å². The molecule has 4 nitrogen and oxygen atoms in total. The van der Waals surface area contributed by atoms with Gasteiger partial charge in [-0.2, -0.15) is 0 Å². The highest BCUT2D eigenvalue weighted by atomic mass is 16.7. The van der Waals surface area contributed by atoms with Gasteiger partial charge in [-0.3, -0.25) is 0 Å². The van der Waals surface area contributed by atoms with Crippen LogP contribution >= 0.6 is 0 Å². The zero-order chi connectivity index (χ0) is 16.8. The molecule has 1 atom stereocenters. The molecule has 2 rings (SSSR count). The van der Waals surface area contributed by atoms with Gasteiger partial charge in [0, 0.05) is 0 Å². The van der Waals surface area contributed by atoms with Gasteiger partial charge in [0.1, 0.15) is 0 Å². The second-order valence-corrected chi connectivity index (χ2v) is 8.65. The summed E-state index contributed by atoms with van der Waals surface area (Å²) in [6, 6.07) is 0. The Kier molecular flexibility index (Phi) is 4.83. The Morgan fingerprint density at radius 2 is 1.64 bits per heavy atom. The summed E-state index contributed by atoms with van der Waals surface area (Å²) in [4.78, 5) is 0. The third-order valence-corrected chi connectivity index (χ3v) is 5.73. The van der Waals surface area contributed by atoms with E-state index < -0.39 is 18.2 Å². The minimum atomic E-state index is -0.929. The van der Waals surface area contributed by atoms with Gasteiger partial charge in [-0.25, -0.2) is 0 Å². The molecule has 0 spiro atoms. The van der Waals surface area contributed by atoms with Gasteiger partial charge in [-0.15, -0.1) is 0 Å². The van der Waals surface area contributed by atoms with Crippen molar-refractivity contribution in [3.8, 4) is 0 Å². The Labute approximate surface area is 136 Å². The maximum absolute atomic E-state index is 10.5. The van der Waals surface area contributed by atoms with Gasteiger partial charge < -0.3 is 19.1 Å². The second kappa shape index (κ2) is 5.80. The molecule has 1 saturated heterocycles. The number of rotatable bonds is 7. The van der Waals surface area contributed by atoms with Crippen LogP contribution in [0.5, 0.6) is 0 Å². The summed E-state index contributed by atoms with van der Waals surface area (Å²) in [6.07, 6.45) is 4.54. The van der Waals surface area contributed by atoms with Crippen LogP contribution in [0.4, 0.5) is 0 Å². The minimum Gasteiger partial charge on any atom is -0.435 e. The maximum atomic E-state index is 10.5. The van der Waals surface area contributed by atoms with Crippen molar-refractivity contribution in [2.45, 2.75) is 96.6 Å². The fraction of sp³-hybridized carbons (Fsp3) is 1.00. The highest BCUT2D eigenvalue weighted by Gasteiger charge is 2.52.